The van der Waals surface area contributed by atoms with Crippen molar-refractivity contribution in [3.63, 3.8) is 0 Å². The lowest BCUT2D eigenvalue weighted by Crippen LogP contribution is -2.50. The summed E-state index contributed by atoms with van der Waals surface area (Å²) in [7, 11) is -3.59. The SMILES string of the molecule is O=C1CCCN1CCC(=O)N1CCN(S(=O)(=O)c2ccc3ccccc3c2)CC1. The lowest BCUT2D eigenvalue weighted by Gasteiger charge is -2.34. The normalized spacial score (nSPS) is 18.6. The second kappa shape index (κ2) is 8.12. The molecule has 8 heteroatoms. The Morgan fingerprint density at radius 1 is 0.931 bits per heavy atom. The van der Waals surface area contributed by atoms with Crippen LogP contribution in [0.25, 0.3) is 10.8 Å². The standard InChI is InChI=1S/C21H25N3O4S/c25-20-6-3-10-22(20)11-9-21(26)23-12-14-24(15-13-23)29(27,28)19-8-7-17-4-1-2-5-18(17)16-19/h1-2,4-5,7-8,16H,3,6,9-15H2. The number of carbonyl (C=O) groups excluding carboxylic acids is 2. The molecule has 2 aromatic rings. The van der Waals surface area contributed by atoms with Crippen molar-refractivity contribution in [2.45, 2.75) is 24.2 Å². The van der Waals surface area contributed by atoms with E-state index >= 15 is 0 Å². The Labute approximate surface area is 170 Å². The van der Waals surface area contributed by atoms with E-state index in [0.29, 0.717) is 32.5 Å². The van der Waals surface area contributed by atoms with E-state index in [-0.39, 0.29) is 29.8 Å². The molecule has 2 fully saturated rings. The Kier molecular flexibility index (Phi) is 5.56. The molecule has 2 amide bonds. The van der Waals surface area contributed by atoms with Crippen LogP contribution in [0.5, 0.6) is 0 Å². The van der Waals surface area contributed by atoms with Crippen LogP contribution in [0, 0.1) is 0 Å². The van der Waals surface area contributed by atoms with E-state index in [1.165, 1.54) is 4.31 Å². The summed E-state index contributed by atoms with van der Waals surface area (Å²) in [5, 5.41) is 1.89. The second-order valence-electron chi connectivity index (χ2n) is 7.53. The summed E-state index contributed by atoms with van der Waals surface area (Å²) < 4.78 is 27.5. The van der Waals surface area contributed by atoms with Crippen LogP contribution in [0.4, 0.5) is 0 Å². The van der Waals surface area contributed by atoms with Gasteiger partial charge in [-0.15, -0.1) is 0 Å². The van der Waals surface area contributed by atoms with Crippen molar-refractivity contribution in [3.8, 4) is 0 Å². The van der Waals surface area contributed by atoms with Crippen LogP contribution in [0.15, 0.2) is 47.4 Å². The Morgan fingerprint density at radius 3 is 2.34 bits per heavy atom. The summed E-state index contributed by atoms with van der Waals surface area (Å²) in [6.45, 7) is 2.49. The monoisotopic (exact) mass is 415 g/mol. The van der Waals surface area contributed by atoms with E-state index in [4.69, 9.17) is 0 Å². The van der Waals surface area contributed by atoms with Gasteiger partial charge in [-0.2, -0.15) is 4.31 Å². The van der Waals surface area contributed by atoms with E-state index in [2.05, 4.69) is 0 Å². The van der Waals surface area contributed by atoms with Gasteiger partial charge >= 0.3 is 0 Å². The minimum absolute atomic E-state index is 0.0209. The quantitative estimate of drug-likeness (QED) is 0.745. The molecule has 0 radical (unpaired) electrons. The van der Waals surface area contributed by atoms with Gasteiger partial charge in [0.1, 0.15) is 0 Å². The van der Waals surface area contributed by atoms with E-state index in [1.807, 2.05) is 30.3 Å². The van der Waals surface area contributed by atoms with E-state index in [9.17, 15) is 18.0 Å². The molecule has 2 saturated heterocycles. The van der Waals surface area contributed by atoms with E-state index in [0.717, 1.165) is 23.7 Å². The molecule has 0 spiro atoms. The summed E-state index contributed by atoms with van der Waals surface area (Å²) in [4.78, 5) is 27.8. The van der Waals surface area contributed by atoms with Crippen LogP contribution in [0.2, 0.25) is 0 Å². The molecule has 0 atom stereocenters. The zero-order valence-electron chi connectivity index (χ0n) is 16.3. The summed E-state index contributed by atoms with van der Waals surface area (Å²) >= 11 is 0. The van der Waals surface area contributed by atoms with Gasteiger partial charge in [0.15, 0.2) is 0 Å². The number of carbonyl (C=O) groups is 2. The highest BCUT2D eigenvalue weighted by atomic mass is 32.2. The molecule has 0 saturated carbocycles. The maximum Gasteiger partial charge on any atom is 0.243 e. The maximum absolute atomic E-state index is 13.0. The second-order valence-corrected chi connectivity index (χ2v) is 9.47. The van der Waals surface area contributed by atoms with E-state index < -0.39 is 10.0 Å². The Hall–Kier alpha value is -2.45. The third-order valence-corrected chi connectivity index (χ3v) is 7.61. The topological polar surface area (TPSA) is 78.0 Å². The third kappa shape index (κ3) is 4.13. The van der Waals surface area contributed by atoms with Gasteiger partial charge in [0.05, 0.1) is 4.90 Å². The van der Waals surface area contributed by atoms with Crippen molar-refractivity contribution in [2.24, 2.45) is 0 Å². The highest BCUT2D eigenvalue weighted by Gasteiger charge is 2.30. The molecule has 2 aliphatic rings. The number of hydrogen-bond donors (Lipinski definition) is 0. The number of likely N-dealkylation sites (tertiary alicyclic amines) is 1. The third-order valence-electron chi connectivity index (χ3n) is 5.72. The molecule has 2 aliphatic heterocycles. The highest BCUT2D eigenvalue weighted by molar-refractivity contribution is 7.89. The molecular formula is C21H25N3O4S. The minimum Gasteiger partial charge on any atom is -0.342 e. The van der Waals surface area contributed by atoms with Crippen molar-refractivity contribution in [1.29, 1.82) is 0 Å². The first-order valence-electron chi connectivity index (χ1n) is 10.00. The smallest absolute Gasteiger partial charge is 0.243 e. The predicted molar refractivity (Wildman–Crippen MR) is 110 cm³/mol. The van der Waals surface area contributed by atoms with Gasteiger partial charge in [-0.05, 0) is 29.3 Å². The average molecular weight is 416 g/mol. The molecule has 7 nitrogen and oxygen atoms in total. The molecule has 154 valence electrons. The number of fused-ring (bicyclic) bond motifs is 1. The van der Waals surface area contributed by atoms with E-state index in [1.54, 1.807) is 21.9 Å². The van der Waals surface area contributed by atoms with Crippen molar-refractivity contribution in [3.05, 3.63) is 42.5 Å². The number of rotatable bonds is 5. The zero-order chi connectivity index (χ0) is 20.4. The largest absolute Gasteiger partial charge is 0.342 e. The van der Waals surface area contributed by atoms with Crippen molar-refractivity contribution in [2.75, 3.05) is 39.3 Å². The van der Waals surface area contributed by atoms with Gasteiger partial charge in [-0.25, -0.2) is 8.42 Å². The number of sulfonamides is 1. The van der Waals surface area contributed by atoms with Crippen LogP contribution in [0.3, 0.4) is 0 Å². The minimum atomic E-state index is -3.59. The molecule has 0 N–H and O–H groups in total. The van der Waals surface area contributed by atoms with Gasteiger partial charge in [0.25, 0.3) is 0 Å². The fourth-order valence-corrected chi connectivity index (χ4v) is 5.44. The van der Waals surface area contributed by atoms with Crippen molar-refractivity contribution >= 4 is 32.6 Å². The van der Waals surface area contributed by atoms with Crippen LogP contribution in [0.1, 0.15) is 19.3 Å². The van der Waals surface area contributed by atoms with Crippen molar-refractivity contribution in [1.82, 2.24) is 14.1 Å². The van der Waals surface area contributed by atoms with Crippen LogP contribution >= 0.6 is 0 Å². The predicted octanol–water partition coefficient (Wildman–Crippen LogP) is 1.69. The number of benzene rings is 2. The summed E-state index contributed by atoms with van der Waals surface area (Å²) in [5.41, 5.74) is 0. The van der Waals surface area contributed by atoms with Gasteiger partial charge < -0.3 is 9.80 Å². The summed E-state index contributed by atoms with van der Waals surface area (Å²) in [6.07, 6.45) is 1.72. The Morgan fingerprint density at radius 2 is 1.66 bits per heavy atom. The average Bonchev–Trinajstić information content (AvgIpc) is 3.16. The van der Waals surface area contributed by atoms with Crippen LogP contribution in [-0.2, 0) is 19.6 Å². The van der Waals surface area contributed by atoms with Crippen LogP contribution < -0.4 is 0 Å². The molecule has 0 aliphatic carbocycles. The van der Waals surface area contributed by atoms with Gasteiger partial charge in [-0.1, -0.05) is 30.3 Å². The van der Waals surface area contributed by atoms with Crippen LogP contribution in [-0.4, -0.2) is 73.6 Å². The first kappa shape index (κ1) is 19.8. The molecule has 2 heterocycles. The lowest BCUT2D eigenvalue weighted by atomic mass is 10.1. The Bertz CT molecular complexity index is 1030. The molecule has 0 unspecified atom stereocenters. The summed E-state index contributed by atoms with van der Waals surface area (Å²) in [6, 6.07) is 12.8. The molecule has 4 rings (SSSR count). The summed E-state index contributed by atoms with van der Waals surface area (Å²) in [5.74, 6) is 0.0940. The zero-order valence-corrected chi connectivity index (χ0v) is 17.1. The molecule has 29 heavy (non-hydrogen) atoms. The molecule has 0 bridgehead atoms. The molecule has 2 aromatic carbocycles. The Balaban J connectivity index is 1.36. The first-order chi connectivity index (χ1) is 13.9. The first-order valence-corrected chi connectivity index (χ1v) is 11.4. The number of piperazine rings is 1. The van der Waals surface area contributed by atoms with Crippen molar-refractivity contribution < 1.29 is 18.0 Å². The fourth-order valence-electron chi connectivity index (χ4n) is 3.98. The van der Waals surface area contributed by atoms with Gasteiger partial charge in [-0.3, -0.25) is 9.59 Å². The lowest BCUT2D eigenvalue weighted by molar-refractivity contribution is -0.133. The number of hydrogen-bond acceptors (Lipinski definition) is 4. The number of amides is 2. The van der Waals surface area contributed by atoms with Gasteiger partial charge in [0, 0.05) is 52.1 Å². The highest BCUT2D eigenvalue weighted by Crippen LogP contribution is 2.23. The fraction of sp³-hybridized carbons (Fsp3) is 0.429. The molecule has 0 aromatic heterocycles. The number of nitrogens with zero attached hydrogens (tertiary/aromatic N) is 3. The molecular weight excluding hydrogens is 390 g/mol. The van der Waals surface area contributed by atoms with Gasteiger partial charge in [0.2, 0.25) is 21.8 Å². The maximum atomic E-state index is 13.0.